The van der Waals surface area contributed by atoms with Crippen LogP contribution in [0.5, 0.6) is 5.75 Å². The summed E-state index contributed by atoms with van der Waals surface area (Å²) in [6.45, 7) is 10.1. The van der Waals surface area contributed by atoms with Crippen molar-refractivity contribution in [1.82, 2.24) is 10.2 Å². The molecule has 1 heterocycles. The van der Waals surface area contributed by atoms with Gasteiger partial charge >= 0.3 is 0 Å². The molecule has 0 aliphatic carbocycles. The number of methoxy groups -OCH3 is 1. The van der Waals surface area contributed by atoms with Crippen molar-refractivity contribution in [3.05, 3.63) is 28.2 Å². The molecule has 0 aromatic heterocycles. The van der Waals surface area contributed by atoms with Crippen LogP contribution in [0.25, 0.3) is 0 Å². The maximum Gasteiger partial charge on any atom is 0.133 e. The third-order valence-corrected chi connectivity index (χ3v) is 5.28. The van der Waals surface area contributed by atoms with Crippen molar-refractivity contribution in [3.8, 4) is 5.75 Å². The summed E-state index contributed by atoms with van der Waals surface area (Å²) in [6.07, 6.45) is 1.23. The minimum absolute atomic E-state index is 0.575. The molecule has 0 saturated carbocycles. The Kier molecular flexibility index (Phi) is 6.08. The van der Waals surface area contributed by atoms with Crippen LogP contribution in [0.4, 0.5) is 0 Å². The highest BCUT2D eigenvalue weighted by atomic mass is 79.9. The zero-order chi connectivity index (χ0) is 15.4. The fraction of sp³-hybridized carbons (Fsp3) is 0.647. The van der Waals surface area contributed by atoms with Gasteiger partial charge in [-0.15, -0.1) is 0 Å². The number of nitrogens with zero attached hydrogens (tertiary/aromatic N) is 1. The minimum atomic E-state index is 0.575. The van der Waals surface area contributed by atoms with Crippen LogP contribution in [0.3, 0.4) is 0 Å². The summed E-state index contributed by atoms with van der Waals surface area (Å²) in [5, 5.41) is 3.69. The van der Waals surface area contributed by atoms with E-state index in [0.29, 0.717) is 12.1 Å². The van der Waals surface area contributed by atoms with Crippen molar-refractivity contribution in [3.63, 3.8) is 0 Å². The van der Waals surface area contributed by atoms with Gasteiger partial charge in [0.15, 0.2) is 0 Å². The Morgan fingerprint density at radius 3 is 2.86 bits per heavy atom. The Morgan fingerprint density at radius 1 is 1.48 bits per heavy atom. The van der Waals surface area contributed by atoms with Gasteiger partial charge in [-0.05, 0) is 46.5 Å². The molecule has 1 aromatic carbocycles. The Bertz CT molecular complexity index is 466. The van der Waals surface area contributed by atoms with E-state index in [2.05, 4.69) is 59.1 Å². The highest BCUT2D eigenvalue weighted by Crippen LogP contribution is 2.27. The molecule has 0 radical (unpaired) electrons. The lowest BCUT2D eigenvalue weighted by molar-refractivity contribution is 0.112. The Labute approximate surface area is 137 Å². The molecule has 1 saturated heterocycles. The SMILES string of the molecule is CCC(C)C1CN(Cc2ccc(OC)c(Br)c2)C(C)CN1. The van der Waals surface area contributed by atoms with Crippen LogP contribution in [-0.2, 0) is 6.54 Å². The zero-order valence-electron chi connectivity index (χ0n) is 13.5. The molecular weight excluding hydrogens is 328 g/mol. The molecule has 4 heteroatoms. The predicted octanol–water partition coefficient (Wildman–Crippen LogP) is 3.67. The van der Waals surface area contributed by atoms with Crippen molar-refractivity contribution < 1.29 is 4.74 Å². The van der Waals surface area contributed by atoms with Crippen molar-refractivity contribution >= 4 is 15.9 Å². The molecule has 0 bridgehead atoms. The second-order valence-corrected chi connectivity index (χ2v) is 7.00. The number of benzene rings is 1. The smallest absolute Gasteiger partial charge is 0.133 e. The fourth-order valence-electron chi connectivity index (χ4n) is 2.88. The summed E-state index contributed by atoms with van der Waals surface area (Å²) in [7, 11) is 1.70. The van der Waals surface area contributed by atoms with Crippen LogP contribution < -0.4 is 10.1 Å². The molecule has 0 amide bonds. The molecule has 2 rings (SSSR count). The molecule has 1 fully saturated rings. The van der Waals surface area contributed by atoms with Gasteiger partial charge in [0.2, 0.25) is 0 Å². The lowest BCUT2D eigenvalue weighted by Gasteiger charge is -2.41. The van der Waals surface area contributed by atoms with Gasteiger partial charge in [0.25, 0.3) is 0 Å². The van der Waals surface area contributed by atoms with E-state index in [1.807, 2.05) is 6.07 Å². The zero-order valence-corrected chi connectivity index (χ0v) is 15.1. The number of rotatable bonds is 5. The van der Waals surface area contributed by atoms with Gasteiger partial charge in [0.05, 0.1) is 11.6 Å². The van der Waals surface area contributed by atoms with Gasteiger partial charge in [0.1, 0.15) is 5.75 Å². The maximum absolute atomic E-state index is 5.30. The van der Waals surface area contributed by atoms with Crippen LogP contribution in [0.15, 0.2) is 22.7 Å². The average molecular weight is 355 g/mol. The van der Waals surface area contributed by atoms with Gasteiger partial charge in [0, 0.05) is 31.7 Å². The Hall–Kier alpha value is -0.580. The summed E-state index contributed by atoms with van der Waals surface area (Å²) in [4.78, 5) is 2.58. The predicted molar refractivity (Wildman–Crippen MR) is 91.8 cm³/mol. The molecule has 1 aliphatic heterocycles. The summed E-state index contributed by atoms with van der Waals surface area (Å²) >= 11 is 3.58. The van der Waals surface area contributed by atoms with E-state index in [1.54, 1.807) is 7.11 Å². The first-order valence-corrected chi connectivity index (χ1v) is 8.64. The number of hydrogen-bond acceptors (Lipinski definition) is 3. The van der Waals surface area contributed by atoms with Gasteiger partial charge in [-0.3, -0.25) is 4.90 Å². The molecule has 1 N–H and O–H groups in total. The standard InChI is InChI=1S/C17H27BrN2O/c1-5-12(2)16-11-20(13(3)9-19-16)10-14-6-7-17(21-4)15(18)8-14/h6-8,12-13,16,19H,5,9-11H2,1-4H3. The number of halogens is 1. The highest BCUT2D eigenvalue weighted by Gasteiger charge is 2.27. The summed E-state index contributed by atoms with van der Waals surface area (Å²) in [6, 6.07) is 7.56. The monoisotopic (exact) mass is 354 g/mol. The molecule has 0 spiro atoms. The second-order valence-electron chi connectivity index (χ2n) is 6.15. The number of hydrogen-bond donors (Lipinski definition) is 1. The quantitative estimate of drug-likeness (QED) is 0.872. The molecular formula is C17H27BrN2O. The third kappa shape index (κ3) is 4.21. The van der Waals surface area contributed by atoms with Gasteiger partial charge in [-0.2, -0.15) is 0 Å². The third-order valence-electron chi connectivity index (χ3n) is 4.66. The molecule has 3 unspecified atom stereocenters. The van der Waals surface area contributed by atoms with E-state index < -0.39 is 0 Å². The van der Waals surface area contributed by atoms with Crippen LogP contribution in [0, 0.1) is 5.92 Å². The van der Waals surface area contributed by atoms with Gasteiger partial charge in [-0.1, -0.05) is 26.3 Å². The normalized spacial score (nSPS) is 24.8. The lowest BCUT2D eigenvalue weighted by Crippen LogP contribution is -2.56. The molecule has 1 aromatic rings. The molecule has 3 atom stereocenters. The van der Waals surface area contributed by atoms with Crippen LogP contribution in [0.1, 0.15) is 32.8 Å². The van der Waals surface area contributed by atoms with E-state index in [0.717, 1.165) is 35.8 Å². The van der Waals surface area contributed by atoms with Crippen LogP contribution in [0.2, 0.25) is 0 Å². The molecule has 118 valence electrons. The first-order valence-electron chi connectivity index (χ1n) is 7.85. The second kappa shape index (κ2) is 7.61. The molecule has 1 aliphatic rings. The highest BCUT2D eigenvalue weighted by molar-refractivity contribution is 9.10. The maximum atomic E-state index is 5.30. The van der Waals surface area contributed by atoms with Gasteiger partial charge < -0.3 is 10.1 Å². The number of piperazine rings is 1. The van der Waals surface area contributed by atoms with E-state index in [1.165, 1.54) is 12.0 Å². The number of nitrogens with one attached hydrogen (secondary N) is 1. The average Bonchev–Trinajstić information content (AvgIpc) is 2.49. The first-order chi connectivity index (χ1) is 10.0. The largest absolute Gasteiger partial charge is 0.496 e. The topological polar surface area (TPSA) is 24.5 Å². The van der Waals surface area contributed by atoms with Crippen molar-refractivity contribution in [2.45, 2.75) is 45.8 Å². The Morgan fingerprint density at radius 2 is 2.24 bits per heavy atom. The molecule has 21 heavy (non-hydrogen) atoms. The van der Waals surface area contributed by atoms with E-state index in [4.69, 9.17) is 4.74 Å². The van der Waals surface area contributed by atoms with E-state index >= 15 is 0 Å². The molecule has 3 nitrogen and oxygen atoms in total. The van der Waals surface area contributed by atoms with Gasteiger partial charge in [-0.25, -0.2) is 0 Å². The summed E-state index contributed by atoms with van der Waals surface area (Å²) < 4.78 is 6.33. The summed E-state index contributed by atoms with van der Waals surface area (Å²) in [5.41, 5.74) is 1.33. The van der Waals surface area contributed by atoms with Crippen molar-refractivity contribution in [2.24, 2.45) is 5.92 Å². The van der Waals surface area contributed by atoms with Crippen molar-refractivity contribution in [1.29, 1.82) is 0 Å². The minimum Gasteiger partial charge on any atom is -0.496 e. The van der Waals surface area contributed by atoms with E-state index in [9.17, 15) is 0 Å². The number of ether oxygens (including phenoxy) is 1. The lowest BCUT2D eigenvalue weighted by atomic mass is 9.95. The fourth-order valence-corrected chi connectivity index (χ4v) is 3.47. The first kappa shape index (κ1) is 16.8. The van der Waals surface area contributed by atoms with E-state index in [-0.39, 0.29) is 0 Å². The Balaban J connectivity index is 2.04. The van der Waals surface area contributed by atoms with Crippen LogP contribution >= 0.6 is 15.9 Å². The van der Waals surface area contributed by atoms with Crippen LogP contribution in [-0.4, -0.2) is 37.2 Å². The summed E-state index contributed by atoms with van der Waals surface area (Å²) in [5.74, 6) is 1.62. The van der Waals surface area contributed by atoms with Crippen molar-refractivity contribution in [2.75, 3.05) is 20.2 Å².